The number of nitrogens with one attached hydrogen (secondary N) is 1. The fourth-order valence-electron chi connectivity index (χ4n) is 0.972. The van der Waals surface area contributed by atoms with Crippen molar-refractivity contribution in [3.63, 3.8) is 0 Å². The van der Waals surface area contributed by atoms with E-state index in [0.29, 0.717) is 33.9 Å². The van der Waals surface area contributed by atoms with Gasteiger partial charge >= 0.3 is 0 Å². The van der Waals surface area contributed by atoms with Crippen molar-refractivity contribution < 1.29 is 4.21 Å². The molecule has 0 spiro atoms. The molecule has 84 valence electrons. The molecule has 1 N–H and O–H groups in total. The average Bonchev–Trinajstić information content (AvgIpc) is 2.21. The Morgan fingerprint density at radius 3 is 2.87 bits per heavy atom. The normalized spacial score (nSPS) is 12.5. The summed E-state index contributed by atoms with van der Waals surface area (Å²) in [5.74, 6) is 1.84. The summed E-state index contributed by atoms with van der Waals surface area (Å²) in [5, 5.41) is 3.99. The summed E-state index contributed by atoms with van der Waals surface area (Å²) in [7, 11) is -0.771. The van der Waals surface area contributed by atoms with Gasteiger partial charge < -0.3 is 5.32 Å². The lowest BCUT2D eigenvalue weighted by atomic mass is 10.4. The Morgan fingerprint density at radius 1 is 1.53 bits per heavy atom. The van der Waals surface area contributed by atoms with E-state index in [1.54, 1.807) is 6.07 Å². The summed E-state index contributed by atoms with van der Waals surface area (Å²) in [4.78, 5) is 4.03. The highest BCUT2D eigenvalue weighted by atomic mass is 35.5. The van der Waals surface area contributed by atoms with Crippen molar-refractivity contribution in [1.29, 1.82) is 0 Å². The minimum Gasteiger partial charge on any atom is -0.368 e. The monoisotopic (exact) mass is 266 g/mol. The molecule has 0 amide bonds. The van der Waals surface area contributed by atoms with E-state index in [0.717, 1.165) is 0 Å². The van der Waals surface area contributed by atoms with Crippen molar-refractivity contribution in [3.05, 3.63) is 22.3 Å². The van der Waals surface area contributed by atoms with Crippen molar-refractivity contribution in [2.24, 2.45) is 0 Å². The van der Waals surface area contributed by atoms with Gasteiger partial charge in [0, 0.05) is 35.0 Å². The third kappa shape index (κ3) is 4.36. The maximum absolute atomic E-state index is 11.1. The smallest absolute Gasteiger partial charge is 0.144 e. The molecule has 15 heavy (non-hydrogen) atoms. The number of halogens is 2. The van der Waals surface area contributed by atoms with E-state index in [1.165, 1.54) is 6.20 Å². The molecule has 0 fully saturated rings. The zero-order chi connectivity index (χ0) is 11.3. The molecule has 0 aromatic carbocycles. The molecular formula is C9H12Cl2N2OS. The minimum atomic E-state index is -0.771. The molecule has 0 aliphatic rings. The van der Waals surface area contributed by atoms with Crippen molar-refractivity contribution in [2.45, 2.75) is 6.92 Å². The van der Waals surface area contributed by atoms with Gasteiger partial charge in [0.05, 0.1) is 10.0 Å². The van der Waals surface area contributed by atoms with Crippen molar-refractivity contribution in [1.82, 2.24) is 4.98 Å². The van der Waals surface area contributed by atoms with E-state index in [2.05, 4.69) is 10.3 Å². The van der Waals surface area contributed by atoms with Crippen LogP contribution in [0.5, 0.6) is 0 Å². The Bertz CT molecular complexity index is 360. The molecule has 1 aromatic heterocycles. The minimum absolute atomic E-state index is 0.477. The summed E-state index contributed by atoms with van der Waals surface area (Å²) in [5.41, 5.74) is 0. The fourth-order valence-corrected chi connectivity index (χ4v) is 2.04. The Labute approximate surface area is 102 Å². The van der Waals surface area contributed by atoms with Crippen LogP contribution in [0.4, 0.5) is 5.82 Å². The average molecular weight is 267 g/mol. The number of hydrogen-bond donors (Lipinski definition) is 1. The number of pyridine rings is 1. The van der Waals surface area contributed by atoms with Gasteiger partial charge in [0.1, 0.15) is 5.82 Å². The van der Waals surface area contributed by atoms with Crippen LogP contribution in [0.1, 0.15) is 6.92 Å². The maximum Gasteiger partial charge on any atom is 0.144 e. The van der Waals surface area contributed by atoms with E-state index in [1.807, 2.05) is 6.92 Å². The van der Waals surface area contributed by atoms with Gasteiger partial charge in [-0.15, -0.1) is 0 Å². The van der Waals surface area contributed by atoms with Gasteiger partial charge in [-0.05, 0) is 6.07 Å². The lowest BCUT2D eigenvalue weighted by Gasteiger charge is -2.06. The predicted molar refractivity (Wildman–Crippen MR) is 66.3 cm³/mol. The quantitative estimate of drug-likeness (QED) is 0.891. The van der Waals surface area contributed by atoms with Gasteiger partial charge in [0.25, 0.3) is 0 Å². The molecule has 0 radical (unpaired) electrons. The molecule has 3 nitrogen and oxygen atoms in total. The van der Waals surface area contributed by atoms with E-state index in [9.17, 15) is 4.21 Å². The third-order valence-electron chi connectivity index (χ3n) is 1.75. The van der Waals surface area contributed by atoms with E-state index < -0.39 is 10.8 Å². The topological polar surface area (TPSA) is 42.0 Å². The third-order valence-corrected chi connectivity index (χ3v) is 3.55. The number of anilines is 1. The van der Waals surface area contributed by atoms with Crippen LogP contribution in [0.2, 0.25) is 10.0 Å². The van der Waals surface area contributed by atoms with Gasteiger partial charge in [-0.3, -0.25) is 4.21 Å². The van der Waals surface area contributed by atoms with E-state index in [4.69, 9.17) is 23.2 Å². The number of aromatic nitrogens is 1. The second-order valence-electron chi connectivity index (χ2n) is 2.84. The Kier molecular flexibility index (Phi) is 5.36. The van der Waals surface area contributed by atoms with E-state index >= 15 is 0 Å². The highest BCUT2D eigenvalue weighted by molar-refractivity contribution is 7.84. The zero-order valence-electron chi connectivity index (χ0n) is 8.30. The molecule has 0 aliphatic carbocycles. The van der Waals surface area contributed by atoms with Crippen LogP contribution in [-0.4, -0.2) is 27.2 Å². The number of hydrogen-bond acceptors (Lipinski definition) is 3. The molecular weight excluding hydrogens is 255 g/mol. The summed E-state index contributed by atoms with van der Waals surface area (Å²) < 4.78 is 11.1. The molecule has 1 aromatic rings. The van der Waals surface area contributed by atoms with Crippen molar-refractivity contribution in [3.8, 4) is 0 Å². The van der Waals surface area contributed by atoms with Crippen LogP contribution >= 0.6 is 23.2 Å². The molecule has 1 rings (SSSR count). The summed E-state index contributed by atoms with van der Waals surface area (Å²) in [6.45, 7) is 2.48. The second-order valence-corrected chi connectivity index (χ2v) is 5.55. The predicted octanol–water partition coefficient (Wildman–Crippen LogP) is 2.57. The largest absolute Gasteiger partial charge is 0.368 e. The Hall–Kier alpha value is -0.320. The number of rotatable bonds is 5. The first kappa shape index (κ1) is 12.7. The molecule has 0 aliphatic heterocycles. The fraction of sp³-hybridized carbons (Fsp3) is 0.444. The molecule has 1 unspecified atom stereocenters. The van der Waals surface area contributed by atoms with Crippen LogP contribution in [-0.2, 0) is 10.8 Å². The molecule has 0 bridgehead atoms. The summed E-state index contributed by atoms with van der Waals surface area (Å²) >= 11 is 11.6. The van der Waals surface area contributed by atoms with Crippen LogP contribution in [0.3, 0.4) is 0 Å². The van der Waals surface area contributed by atoms with Crippen molar-refractivity contribution >= 4 is 39.8 Å². The van der Waals surface area contributed by atoms with Gasteiger partial charge in [-0.2, -0.15) is 0 Å². The second kappa shape index (κ2) is 6.30. The molecule has 6 heteroatoms. The first-order chi connectivity index (χ1) is 7.13. The first-order valence-electron chi connectivity index (χ1n) is 4.53. The standard InChI is InChI=1S/C9H12Cl2N2OS/c1-2-15(14)4-3-12-9-8(11)5-7(10)6-13-9/h5-6H,2-4H2,1H3,(H,12,13). The van der Waals surface area contributed by atoms with Crippen molar-refractivity contribution in [2.75, 3.05) is 23.4 Å². The maximum atomic E-state index is 11.1. The summed E-state index contributed by atoms with van der Waals surface area (Å²) in [6, 6.07) is 1.62. The Morgan fingerprint density at radius 2 is 2.27 bits per heavy atom. The van der Waals surface area contributed by atoms with Gasteiger partial charge in [0.15, 0.2) is 0 Å². The van der Waals surface area contributed by atoms with Gasteiger partial charge in [-0.25, -0.2) is 4.98 Å². The SMILES string of the molecule is CCS(=O)CCNc1ncc(Cl)cc1Cl. The number of nitrogens with zero attached hydrogens (tertiary/aromatic N) is 1. The van der Waals surface area contributed by atoms with Gasteiger partial charge in [0.2, 0.25) is 0 Å². The molecule has 1 heterocycles. The summed E-state index contributed by atoms with van der Waals surface area (Å²) in [6.07, 6.45) is 1.52. The first-order valence-corrected chi connectivity index (χ1v) is 6.77. The van der Waals surface area contributed by atoms with Crippen LogP contribution < -0.4 is 5.32 Å². The zero-order valence-corrected chi connectivity index (χ0v) is 10.6. The molecule has 0 saturated heterocycles. The molecule has 0 saturated carbocycles. The Balaban J connectivity index is 2.47. The lowest BCUT2D eigenvalue weighted by molar-refractivity contribution is 0.684. The lowest BCUT2D eigenvalue weighted by Crippen LogP contribution is -2.12. The highest BCUT2D eigenvalue weighted by Crippen LogP contribution is 2.22. The van der Waals surface area contributed by atoms with Crippen LogP contribution in [0, 0.1) is 0 Å². The van der Waals surface area contributed by atoms with E-state index in [-0.39, 0.29) is 0 Å². The molecule has 1 atom stereocenters. The highest BCUT2D eigenvalue weighted by Gasteiger charge is 2.02. The van der Waals surface area contributed by atoms with Crippen LogP contribution in [0.25, 0.3) is 0 Å². The van der Waals surface area contributed by atoms with Crippen LogP contribution in [0.15, 0.2) is 12.3 Å². The van der Waals surface area contributed by atoms with Gasteiger partial charge in [-0.1, -0.05) is 30.1 Å².